The Kier molecular flexibility index (Phi) is 7.41. The second-order valence-corrected chi connectivity index (χ2v) is 8.67. The van der Waals surface area contributed by atoms with Crippen molar-refractivity contribution >= 4 is 23.3 Å². The van der Waals surface area contributed by atoms with Crippen LogP contribution in [0.15, 0.2) is 78.9 Å². The van der Waals surface area contributed by atoms with Gasteiger partial charge < -0.3 is 10.6 Å². The van der Waals surface area contributed by atoms with Gasteiger partial charge in [0, 0.05) is 24.1 Å². The Morgan fingerprint density at radius 1 is 0.771 bits per heavy atom. The first kappa shape index (κ1) is 24.0. The number of amides is 2. The molecule has 3 aromatic carbocycles. The molecule has 0 aliphatic carbocycles. The fraction of sp³-hybridized carbons (Fsp3) is 0.207. The van der Waals surface area contributed by atoms with Crippen molar-refractivity contribution in [1.29, 1.82) is 0 Å². The third-order valence-electron chi connectivity index (χ3n) is 5.98. The Morgan fingerprint density at radius 3 is 2.06 bits per heavy atom. The van der Waals surface area contributed by atoms with Crippen LogP contribution in [-0.2, 0) is 9.59 Å². The van der Waals surface area contributed by atoms with Crippen LogP contribution in [0.5, 0.6) is 0 Å². The van der Waals surface area contributed by atoms with Gasteiger partial charge in [-0.2, -0.15) is 5.10 Å². The topological polar surface area (TPSA) is 76.0 Å². The molecular weight excluding hydrogens is 436 g/mol. The van der Waals surface area contributed by atoms with Crippen molar-refractivity contribution in [2.45, 2.75) is 40.0 Å². The zero-order chi connectivity index (χ0) is 24.8. The lowest BCUT2D eigenvalue weighted by Gasteiger charge is -2.12. The summed E-state index contributed by atoms with van der Waals surface area (Å²) in [5.74, 6) is 0.374. The molecule has 35 heavy (non-hydrogen) atoms. The minimum atomic E-state index is -0.154. The second-order valence-electron chi connectivity index (χ2n) is 8.67. The number of hydrogen-bond donors (Lipinski definition) is 2. The van der Waals surface area contributed by atoms with E-state index in [2.05, 4.69) is 10.6 Å². The van der Waals surface area contributed by atoms with Gasteiger partial charge in [-0.15, -0.1) is 0 Å². The highest BCUT2D eigenvalue weighted by Crippen LogP contribution is 2.33. The Morgan fingerprint density at radius 2 is 1.40 bits per heavy atom. The molecule has 2 N–H and O–H groups in total. The van der Waals surface area contributed by atoms with Gasteiger partial charge in [-0.05, 0) is 68.1 Å². The fourth-order valence-corrected chi connectivity index (χ4v) is 4.00. The van der Waals surface area contributed by atoms with Crippen LogP contribution in [0.25, 0.3) is 16.8 Å². The van der Waals surface area contributed by atoms with Crippen LogP contribution in [0.2, 0.25) is 0 Å². The van der Waals surface area contributed by atoms with Crippen LogP contribution < -0.4 is 10.6 Å². The molecule has 1 heterocycles. The molecule has 6 heteroatoms. The average molecular weight is 467 g/mol. The maximum atomic E-state index is 12.9. The van der Waals surface area contributed by atoms with E-state index < -0.39 is 0 Å². The van der Waals surface area contributed by atoms with E-state index in [4.69, 9.17) is 5.10 Å². The van der Waals surface area contributed by atoms with Crippen molar-refractivity contribution < 1.29 is 9.59 Å². The van der Waals surface area contributed by atoms with Crippen LogP contribution in [-0.4, -0.2) is 21.6 Å². The standard InChI is InChI=1S/C29H30N4O2/c1-20-17-18-24(19-21(20)2)30-26(34)15-10-16-27(35)31-29-28(23-11-6-4-7-12-23)22(3)32-33(29)25-13-8-5-9-14-25/h4-9,11-14,17-19H,10,15-16H2,1-3H3,(H,30,34)(H,31,35). The van der Waals surface area contributed by atoms with Crippen LogP contribution in [0.1, 0.15) is 36.1 Å². The molecule has 6 nitrogen and oxygen atoms in total. The highest BCUT2D eigenvalue weighted by Gasteiger charge is 2.20. The number of nitrogens with one attached hydrogen (secondary N) is 2. The minimum absolute atomic E-state index is 0.101. The van der Waals surface area contributed by atoms with Crippen molar-refractivity contribution in [2.75, 3.05) is 10.6 Å². The lowest BCUT2D eigenvalue weighted by molar-refractivity contribution is -0.117. The number of benzene rings is 3. The summed E-state index contributed by atoms with van der Waals surface area (Å²) < 4.78 is 1.77. The maximum Gasteiger partial charge on any atom is 0.225 e. The van der Waals surface area contributed by atoms with Gasteiger partial charge in [-0.1, -0.05) is 54.6 Å². The van der Waals surface area contributed by atoms with Gasteiger partial charge in [0.2, 0.25) is 11.8 Å². The van der Waals surface area contributed by atoms with Crippen molar-refractivity contribution in [3.8, 4) is 16.8 Å². The van der Waals surface area contributed by atoms with E-state index in [1.807, 2.05) is 99.6 Å². The average Bonchev–Trinajstić information content (AvgIpc) is 3.18. The summed E-state index contributed by atoms with van der Waals surface area (Å²) in [6.45, 7) is 5.99. The molecule has 178 valence electrons. The third-order valence-corrected chi connectivity index (χ3v) is 5.98. The predicted molar refractivity (Wildman–Crippen MR) is 141 cm³/mol. The summed E-state index contributed by atoms with van der Waals surface area (Å²) in [6, 6.07) is 25.5. The van der Waals surface area contributed by atoms with Crippen LogP contribution in [0.3, 0.4) is 0 Å². The zero-order valence-corrected chi connectivity index (χ0v) is 20.3. The smallest absolute Gasteiger partial charge is 0.225 e. The molecule has 0 spiro atoms. The van der Waals surface area contributed by atoms with E-state index in [9.17, 15) is 9.59 Å². The maximum absolute atomic E-state index is 12.9. The number of para-hydroxylation sites is 1. The molecule has 1 aromatic heterocycles. The number of carbonyl (C=O) groups is 2. The lowest BCUT2D eigenvalue weighted by Crippen LogP contribution is -2.17. The minimum Gasteiger partial charge on any atom is -0.326 e. The molecule has 0 atom stereocenters. The molecule has 4 aromatic rings. The highest BCUT2D eigenvalue weighted by atomic mass is 16.2. The number of aromatic nitrogens is 2. The summed E-state index contributed by atoms with van der Waals surface area (Å²) in [4.78, 5) is 25.3. The van der Waals surface area contributed by atoms with E-state index in [0.717, 1.165) is 33.8 Å². The molecule has 0 saturated heterocycles. The predicted octanol–water partition coefficient (Wildman–Crippen LogP) is 6.21. The van der Waals surface area contributed by atoms with Gasteiger partial charge in [0.1, 0.15) is 5.82 Å². The molecule has 0 unspecified atom stereocenters. The Bertz CT molecular complexity index is 1330. The molecule has 0 saturated carbocycles. The number of carbonyl (C=O) groups excluding carboxylic acids is 2. The van der Waals surface area contributed by atoms with Crippen LogP contribution >= 0.6 is 0 Å². The lowest BCUT2D eigenvalue weighted by atomic mass is 10.1. The van der Waals surface area contributed by atoms with E-state index in [1.165, 1.54) is 5.56 Å². The van der Waals surface area contributed by atoms with Gasteiger partial charge in [-0.25, -0.2) is 4.68 Å². The second kappa shape index (κ2) is 10.8. The zero-order valence-electron chi connectivity index (χ0n) is 20.3. The first-order chi connectivity index (χ1) is 16.9. The van der Waals surface area contributed by atoms with E-state index >= 15 is 0 Å². The number of rotatable bonds is 8. The number of anilines is 2. The summed E-state index contributed by atoms with van der Waals surface area (Å²) >= 11 is 0. The summed E-state index contributed by atoms with van der Waals surface area (Å²) in [7, 11) is 0. The Labute approximate surface area is 206 Å². The first-order valence-corrected chi connectivity index (χ1v) is 11.8. The van der Waals surface area contributed by atoms with E-state index in [0.29, 0.717) is 12.2 Å². The molecule has 0 aliphatic rings. The van der Waals surface area contributed by atoms with Crippen molar-refractivity contribution in [1.82, 2.24) is 9.78 Å². The molecule has 2 amide bonds. The summed E-state index contributed by atoms with van der Waals surface area (Å²) in [6.07, 6.45) is 0.943. The summed E-state index contributed by atoms with van der Waals surface area (Å²) in [5.41, 5.74) is 6.63. The molecule has 4 rings (SSSR count). The third kappa shape index (κ3) is 5.84. The van der Waals surface area contributed by atoms with Gasteiger partial charge in [-0.3, -0.25) is 9.59 Å². The molecule has 0 fully saturated rings. The van der Waals surface area contributed by atoms with Crippen LogP contribution in [0, 0.1) is 20.8 Å². The monoisotopic (exact) mass is 466 g/mol. The molecular formula is C29H30N4O2. The fourth-order valence-electron chi connectivity index (χ4n) is 4.00. The highest BCUT2D eigenvalue weighted by molar-refractivity contribution is 5.96. The molecule has 0 bridgehead atoms. The normalized spacial score (nSPS) is 10.7. The summed E-state index contributed by atoms with van der Waals surface area (Å²) in [5, 5.41) is 10.7. The quantitative estimate of drug-likeness (QED) is 0.324. The van der Waals surface area contributed by atoms with E-state index in [-0.39, 0.29) is 24.7 Å². The number of nitrogens with zero attached hydrogens (tertiary/aromatic N) is 2. The SMILES string of the molecule is Cc1ccc(NC(=O)CCCC(=O)Nc2c(-c3ccccc3)c(C)nn2-c2ccccc2)cc1C. The van der Waals surface area contributed by atoms with Gasteiger partial charge in [0.15, 0.2) is 0 Å². The van der Waals surface area contributed by atoms with Crippen molar-refractivity contribution in [2.24, 2.45) is 0 Å². The van der Waals surface area contributed by atoms with E-state index in [1.54, 1.807) is 4.68 Å². The van der Waals surface area contributed by atoms with Crippen LogP contribution in [0.4, 0.5) is 11.5 Å². The number of aryl methyl sites for hydroxylation is 3. The molecule has 0 radical (unpaired) electrons. The first-order valence-electron chi connectivity index (χ1n) is 11.8. The van der Waals surface area contributed by atoms with Crippen molar-refractivity contribution in [3.05, 3.63) is 95.7 Å². The Hall–Kier alpha value is -4.19. The molecule has 0 aliphatic heterocycles. The largest absolute Gasteiger partial charge is 0.326 e. The van der Waals surface area contributed by atoms with Gasteiger partial charge in [0.25, 0.3) is 0 Å². The van der Waals surface area contributed by atoms with Crippen molar-refractivity contribution in [3.63, 3.8) is 0 Å². The van der Waals surface area contributed by atoms with Gasteiger partial charge >= 0.3 is 0 Å². The Balaban J connectivity index is 1.45. The van der Waals surface area contributed by atoms with Gasteiger partial charge in [0.05, 0.1) is 11.4 Å². The number of hydrogen-bond acceptors (Lipinski definition) is 3.